The van der Waals surface area contributed by atoms with Gasteiger partial charge in [-0.2, -0.15) is 0 Å². The van der Waals surface area contributed by atoms with Crippen molar-refractivity contribution in [1.29, 1.82) is 0 Å². The first-order valence-electron chi connectivity index (χ1n) is 4.40. The molecule has 80 valence electrons. The summed E-state index contributed by atoms with van der Waals surface area (Å²) in [7, 11) is 0. The van der Waals surface area contributed by atoms with Crippen LogP contribution in [0, 0.1) is 0 Å². The first-order chi connectivity index (χ1) is 7.27. The highest BCUT2D eigenvalue weighted by Gasteiger charge is 2.08. The van der Waals surface area contributed by atoms with E-state index in [4.69, 9.17) is 23.2 Å². The monoisotopic (exact) mass is 261 g/mol. The van der Waals surface area contributed by atoms with Gasteiger partial charge in [0.1, 0.15) is 0 Å². The fraction of sp³-hybridized carbons (Fsp3) is 0.222. The number of benzene rings is 1. The Hall–Kier alpha value is -0.580. The Bertz CT molecular complexity index is 375. The van der Waals surface area contributed by atoms with Crippen LogP contribution < -0.4 is 10.9 Å². The maximum atomic E-state index is 5.98. The summed E-state index contributed by atoms with van der Waals surface area (Å²) in [4.78, 5) is 4.23. The Labute approximate surface area is 102 Å². The molecule has 0 saturated heterocycles. The van der Waals surface area contributed by atoms with E-state index in [9.17, 15) is 0 Å². The average molecular weight is 262 g/mol. The van der Waals surface area contributed by atoms with Gasteiger partial charge in [-0.3, -0.25) is 15.8 Å². The second-order valence-electron chi connectivity index (χ2n) is 2.88. The van der Waals surface area contributed by atoms with Gasteiger partial charge in [0, 0.05) is 5.75 Å². The largest absolute Gasteiger partial charge is 0.296 e. The normalized spacial score (nSPS) is 14.9. The first kappa shape index (κ1) is 10.9. The third-order valence-corrected chi connectivity index (χ3v) is 3.36. The number of thioether (sulfide) groups is 1. The summed E-state index contributed by atoms with van der Waals surface area (Å²) < 4.78 is 0. The van der Waals surface area contributed by atoms with Crippen LogP contribution in [-0.4, -0.2) is 17.5 Å². The number of amidine groups is 1. The van der Waals surface area contributed by atoms with E-state index in [1.807, 2.05) is 0 Å². The molecule has 0 bridgehead atoms. The molecule has 0 aromatic heterocycles. The number of aliphatic imine (C=N–C) groups is 1. The number of rotatable bonds is 2. The number of halogens is 2. The van der Waals surface area contributed by atoms with Crippen molar-refractivity contribution >= 4 is 45.8 Å². The smallest absolute Gasteiger partial charge is 0.175 e. The second-order valence-corrected chi connectivity index (χ2v) is 4.78. The lowest BCUT2D eigenvalue weighted by Gasteiger charge is -2.11. The number of anilines is 1. The highest BCUT2D eigenvalue weighted by atomic mass is 35.5. The van der Waals surface area contributed by atoms with E-state index in [0.29, 0.717) is 15.7 Å². The van der Waals surface area contributed by atoms with Crippen LogP contribution >= 0.6 is 35.0 Å². The Morgan fingerprint density at radius 2 is 1.93 bits per heavy atom. The number of nitrogens with one attached hydrogen (secondary N) is 2. The molecule has 1 aromatic carbocycles. The summed E-state index contributed by atoms with van der Waals surface area (Å²) in [6.45, 7) is 0.852. The zero-order chi connectivity index (χ0) is 10.7. The van der Waals surface area contributed by atoms with Crippen molar-refractivity contribution in [1.82, 2.24) is 5.43 Å². The highest BCUT2D eigenvalue weighted by molar-refractivity contribution is 8.14. The van der Waals surface area contributed by atoms with Gasteiger partial charge in [0.2, 0.25) is 0 Å². The lowest BCUT2D eigenvalue weighted by atomic mass is 10.3. The molecule has 2 N–H and O–H groups in total. The molecule has 0 unspecified atom stereocenters. The minimum absolute atomic E-state index is 0.582. The van der Waals surface area contributed by atoms with Crippen molar-refractivity contribution in [3.05, 3.63) is 28.2 Å². The maximum absolute atomic E-state index is 5.98. The minimum Gasteiger partial charge on any atom is -0.296 e. The van der Waals surface area contributed by atoms with Crippen LogP contribution in [0.2, 0.25) is 10.0 Å². The van der Waals surface area contributed by atoms with Gasteiger partial charge in [0.15, 0.2) is 5.17 Å². The topological polar surface area (TPSA) is 36.4 Å². The van der Waals surface area contributed by atoms with E-state index >= 15 is 0 Å². The minimum atomic E-state index is 0.582. The van der Waals surface area contributed by atoms with Crippen molar-refractivity contribution in [2.24, 2.45) is 4.99 Å². The van der Waals surface area contributed by atoms with E-state index in [0.717, 1.165) is 17.5 Å². The molecule has 3 nitrogen and oxygen atoms in total. The van der Waals surface area contributed by atoms with Crippen molar-refractivity contribution in [3.63, 3.8) is 0 Å². The zero-order valence-corrected chi connectivity index (χ0v) is 10.1. The van der Waals surface area contributed by atoms with Gasteiger partial charge in [-0.05, 0) is 12.1 Å². The van der Waals surface area contributed by atoms with Crippen LogP contribution in [0.25, 0.3) is 0 Å². The van der Waals surface area contributed by atoms with Crippen LogP contribution in [0.1, 0.15) is 0 Å². The lowest BCUT2D eigenvalue weighted by Crippen LogP contribution is -2.26. The number of nitrogens with zero attached hydrogens (tertiary/aromatic N) is 1. The molecule has 1 aromatic rings. The van der Waals surface area contributed by atoms with Gasteiger partial charge in [-0.25, -0.2) is 0 Å². The van der Waals surface area contributed by atoms with Crippen LogP contribution in [0.15, 0.2) is 23.2 Å². The molecule has 6 heteroatoms. The van der Waals surface area contributed by atoms with Gasteiger partial charge in [-0.15, -0.1) is 0 Å². The molecule has 0 atom stereocenters. The van der Waals surface area contributed by atoms with Crippen molar-refractivity contribution in [2.45, 2.75) is 0 Å². The molecule has 0 saturated carbocycles. The molecular weight excluding hydrogens is 253 g/mol. The summed E-state index contributed by atoms with van der Waals surface area (Å²) in [6, 6.07) is 5.36. The van der Waals surface area contributed by atoms with Gasteiger partial charge < -0.3 is 0 Å². The Morgan fingerprint density at radius 3 is 2.53 bits per heavy atom. The molecule has 0 aliphatic carbocycles. The Kier molecular flexibility index (Phi) is 3.61. The molecule has 0 radical (unpaired) electrons. The molecule has 0 fully saturated rings. The van der Waals surface area contributed by atoms with Crippen LogP contribution in [0.4, 0.5) is 5.69 Å². The number of hydrazine groups is 1. The fourth-order valence-corrected chi connectivity index (χ4v) is 2.32. The SMILES string of the molecule is Clc1cccc(Cl)c1NNC1=NCCS1. The van der Waals surface area contributed by atoms with E-state index in [1.165, 1.54) is 0 Å². The third kappa shape index (κ3) is 2.71. The standard InChI is InChI=1S/C9H9Cl2N3S/c10-6-2-1-3-7(11)8(6)13-14-9-12-4-5-15-9/h1-3,13H,4-5H2,(H,12,14). The van der Waals surface area contributed by atoms with Crippen molar-refractivity contribution < 1.29 is 0 Å². The first-order valence-corrected chi connectivity index (χ1v) is 6.15. The maximum Gasteiger partial charge on any atom is 0.175 e. The summed E-state index contributed by atoms with van der Waals surface area (Å²) in [5.41, 5.74) is 6.61. The van der Waals surface area contributed by atoms with Crippen LogP contribution in [0.3, 0.4) is 0 Å². The average Bonchev–Trinajstić information content (AvgIpc) is 2.70. The number of hydrogen-bond acceptors (Lipinski definition) is 4. The molecular formula is C9H9Cl2N3S. The second kappa shape index (κ2) is 4.96. The molecule has 1 heterocycles. The molecule has 1 aliphatic rings. The van der Waals surface area contributed by atoms with E-state index in [-0.39, 0.29) is 0 Å². The predicted molar refractivity (Wildman–Crippen MR) is 68.0 cm³/mol. The lowest BCUT2D eigenvalue weighted by molar-refractivity contribution is 1.10. The quantitative estimate of drug-likeness (QED) is 0.804. The Morgan fingerprint density at radius 1 is 1.20 bits per heavy atom. The predicted octanol–water partition coefficient (Wildman–Crippen LogP) is 3.01. The summed E-state index contributed by atoms with van der Waals surface area (Å²) in [5.74, 6) is 1.01. The third-order valence-electron chi connectivity index (χ3n) is 1.84. The summed E-state index contributed by atoms with van der Waals surface area (Å²) >= 11 is 13.6. The van der Waals surface area contributed by atoms with Gasteiger partial charge >= 0.3 is 0 Å². The molecule has 15 heavy (non-hydrogen) atoms. The van der Waals surface area contributed by atoms with Crippen LogP contribution in [0.5, 0.6) is 0 Å². The van der Waals surface area contributed by atoms with Crippen LogP contribution in [-0.2, 0) is 0 Å². The van der Waals surface area contributed by atoms with Gasteiger partial charge in [0.25, 0.3) is 0 Å². The molecule has 0 spiro atoms. The molecule has 2 rings (SSSR count). The van der Waals surface area contributed by atoms with Crippen molar-refractivity contribution in [3.8, 4) is 0 Å². The molecule has 1 aliphatic heterocycles. The zero-order valence-electron chi connectivity index (χ0n) is 7.76. The van der Waals surface area contributed by atoms with E-state index < -0.39 is 0 Å². The van der Waals surface area contributed by atoms with E-state index in [2.05, 4.69) is 15.8 Å². The number of para-hydroxylation sites is 1. The van der Waals surface area contributed by atoms with Gasteiger partial charge in [0.05, 0.1) is 22.3 Å². The highest BCUT2D eigenvalue weighted by Crippen LogP contribution is 2.29. The number of hydrogen-bond donors (Lipinski definition) is 2. The van der Waals surface area contributed by atoms with E-state index in [1.54, 1.807) is 30.0 Å². The summed E-state index contributed by atoms with van der Waals surface area (Å²) in [5, 5.41) is 2.03. The summed E-state index contributed by atoms with van der Waals surface area (Å²) in [6.07, 6.45) is 0. The molecule has 0 amide bonds. The fourth-order valence-electron chi connectivity index (χ4n) is 1.14. The van der Waals surface area contributed by atoms with Crippen molar-refractivity contribution in [2.75, 3.05) is 17.7 Å². The Balaban J connectivity index is 2.04. The van der Waals surface area contributed by atoms with Gasteiger partial charge in [-0.1, -0.05) is 41.0 Å².